The second-order valence-corrected chi connectivity index (χ2v) is 4.24. The van der Waals surface area contributed by atoms with Crippen molar-refractivity contribution >= 4 is 5.57 Å². The van der Waals surface area contributed by atoms with Crippen LogP contribution in [0.3, 0.4) is 0 Å². The Morgan fingerprint density at radius 2 is 2.00 bits per heavy atom. The van der Waals surface area contributed by atoms with Crippen molar-refractivity contribution in [3.05, 3.63) is 41.5 Å². The largest absolute Gasteiger partial charge is 0.204 e. The van der Waals surface area contributed by atoms with E-state index in [1.807, 2.05) is 0 Å². The third-order valence-corrected chi connectivity index (χ3v) is 2.96. The van der Waals surface area contributed by atoms with Gasteiger partial charge in [-0.3, -0.25) is 0 Å². The number of rotatable bonds is 1. The second kappa shape index (κ2) is 4.13. The summed E-state index contributed by atoms with van der Waals surface area (Å²) in [5, 5.41) is 0. The van der Waals surface area contributed by atoms with Crippen molar-refractivity contribution in [2.24, 2.45) is 5.92 Å². The molecule has 0 N–H and O–H groups in total. The van der Waals surface area contributed by atoms with Crippen LogP contribution in [0, 0.1) is 17.6 Å². The van der Waals surface area contributed by atoms with E-state index in [2.05, 4.69) is 13.0 Å². The Morgan fingerprint density at radius 3 is 2.60 bits per heavy atom. The van der Waals surface area contributed by atoms with E-state index in [4.69, 9.17) is 0 Å². The van der Waals surface area contributed by atoms with Gasteiger partial charge < -0.3 is 0 Å². The first-order valence-corrected chi connectivity index (χ1v) is 5.31. The predicted octanol–water partition coefficient (Wildman–Crippen LogP) is 4.17. The number of allylic oxidation sites excluding steroid dienone is 2. The summed E-state index contributed by atoms with van der Waals surface area (Å²) in [6, 6.07) is 4.14. The van der Waals surface area contributed by atoms with E-state index in [0.717, 1.165) is 30.4 Å². The molecule has 0 radical (unpaired) electrons. The highest BCUT2D eigenvalue weighted by Crippen LogP contribution is 2.30. The van der Waals surface area contributed by atoms with Crippen LogP contribution in [0.4, 0.5) is 8.78 Å². The monoisotopic (exact) mass is 208 g/mol. The summed E-state index contributed by atoms with van der Waals surface area (Å²) >= 11 is 0. The van der Waals surface area contributed by atoms with Gasteiger partial charge in [-0.2, -0.15) is 0 Å². The molecule has 0 fully saturated rings. The highest BCUT2D eigenvalue weighted by molar-refractivity contribution is 5.66. The average molecular weight is 208 g/mol. The Labute approximate surface area is 88.6 Å². The van der Waals surface area contributed by atoms with Crippen molar-refractivity contribution in [3.8, 4) is 0 Å². The maximum Gasteiger partial charge on any atom is 0.159 e. The minimum absolute atomic E-state index is 0.707. The van der Waals surface area contributed by atoms with Crippen molar-refractivity contribution in [1.29, 1.82) is 0 Å². The quantitative estimate of drug-likeness (QED) is 0.649. The normalized spacial score (nSPS) is 21.3. The highest BCUT2D eigenvalue weighted by atomic mass is 19.2. The fraction of sp³-hybridized carbons (Fsp3) is 0.385. The van der Waals surface area contributed by atoms with Crippen LogP contribution < -0.4 is 0 Å². The first kappa shape index (κ1) is 10.3. The van der Waals surface area contributed by atoms with E-state index in [-0.39, 0.29) is 0 Å². The Morgan fingerprint density at radius 1 is 1.20 bits per heavy atom. The SMILES string of the molecule is CC1CC=C(c2ccc(F)c(F)c2)CC1. The smallest absolute Gasteiger partial charge is 0.159 e. The summed E-state index contributed by atoms with van der Waals surface area (Å²) in [4.78, 5) is 0. The fourth-order valence-electron chi connectivity index (χ4n) is 1.92. The summed E-state index contributed by atoms with van der Waals surface area (Å²) in [7, 11) is 0. The van der Waals surface area contributed by atoms with E-state index < -0.39 is 11.6 Å². The molecule has 0 spiro atoms. The van der Waals surface area contributed by atoms with Gasteiger partial charge in [-0.25, -0.2) is 8.78 Å². The highest BCUT2D eigenvalue weighted by Gasteiger charge is 2.12. The molecule has 1 aliphatic carbocycles. The van der Waals surface area contributed by atoms with Gasteiger partial charge in [-0.1, -0.05) is 19.1 Å². The molecular formula is C13H14F2. The molecule has 0 aromatic heterocycles. The lowest BCUT2D eigenvalue weighted by Gasteiger charge is -2.18. The van der Waals surface area contributed by atoms with Crippen LogP contribution in [-0.4, -0.2) is 0 Å². The van der Waals surface area contributed by atoms with Crippen molar-refractivity contribution in [1.82, 2.24) is 0 Å². The maximum absolute atomic E-state index is 13.0. The third kappa shape index (κ3) is 2.25. The van der Waals surface area contributed by atoms with Gasteiger partial charge in [0.25, 0.3) is 0 Å². The minimum atomic E-state index is -0.775. The zero-order valence-electron chi connectivity index (χ0n) is 8.76. The summed E-state index contributed by atoms with van der Waals surface area (Å²) in [6.45, 7) is 2.21. The standard InChI is InChI=1S/C13H14F2/c1-9-2-4-10(5-3-9)11-6-7-12(14)13(15)8-11/h4,6-9H,2-3,5H2,1H3. The van der Waals surface area contributed by atoms with Gasteiger partial charge in [0.05, 0.1) is 0 Å². The second-order valence-electron chi connectivity index (χ2n) is 4.24. The van der Waals surface area contributed by atoms with Crippen LogP contribution in [0.5, 0.6) is 0 Å². The lowest BCUT2D eigenvalue weighted by atomic mass is 9.88. The summed E-state index contributed by atoms with van der Waals surface area (Å²) < 4.78 is 25.7. The number of hydrogen-bond acceptors (Lipinski definition) is 0. The molecule has 2 rings (SSSR count). The Bertz CT molecular complexity index is 394. The third-order valence-electron chi connectivity index (χ3n) is 2.96. The first-order chi connectivity index (χ1) is 7.16. The Balaban J connectivity index is 2.26. The molecule has 80 valence electrons. The summed E-state index contributed by atoms with van der Waals surface area (Å²) in [5.74, 6) is -0.824. The van der Waals surface area contributed by atoms with Crippen LogP contribution in [0.15, 0.2) is 24.3 Å². The molecule has 2 heteroatoms. The van der Waals surface area contributed by atoms with E-state index in [9.17, 15) is 8.78 Å². The maximum atomic E-state index is 13.0. The zero-order chi connectivity index (χ0) is 10.8. The van der Waals surface area contributed by atoms with Gasteiger partial charge in [-0.15, -0.1) is 0 Å². The van der Waals surface area contributed by atoms with Crippen molar-refractivity contribution in [2.75, 3.05) is 0 Å². The van der Waals surface area contributed by atoms with E-state index in [1.54, 1.807) is 6.07 Å². The molecule has 15 heavy (non-hydrogen) atoms. The lowest BCUT2D eigenvalue weighted by Crippen LogP contribution is -2.01. The van der Waals surface area contributed by atoms with E-state index in [1.165, 1.54) is 12.1 Å². The molecule has 0 bridgehead atoms. The molecular weight excluding hydrogens is 194 g/mol. The molecule has 1 atom stereocenters. The van der Waals surface area contributed by atoms with Gasteiger partial charge in [0.15, 0.2) is 11.6 Å². The van der Waals surface area contributed by atoms with Gasteiger partial charge in [0.2, 0.25) is 0 Å². The van der Waals surface area contributed by atoms with Gasteiger partial charge in [0.1, 0.15) is 0 Å². The lowest BCUT2D eigenvalue weighted by molar-refractivity contribution is 0.507. The Kier molecular flexibility index (Phi) is 2.85. The van der Waals surface area contributed by atoms with Crippen molar-refractivity contribution < 1.29 is 8.78 Å². The molecule has 0 heterocycles. The van der Waals surface area contributed by atoms with Crippen LogP contribution in [0.1, 0.15) is 31.7 Å². The molecule has 0 amide bonds. The molecule has 1 aromatic carbocycles. The van der Waals surface area contributed by atoms with Crippen molar-refractivity contribution in [2.45, 2.75) is 26.2 Å². The summed E-state index contributed by atoms with van der Waals surface area (Å²) in [6.07, 6.45) is 5.27. The van der Waals surface area contributed by atoms with Gasteiger partial charge in [-0.05, 0) is 48.4 Å². The van der Waals surface area contributed by atoms with E-state index in [0.29, 0.717) is 5.92 Å². The number of hydrogen-bond donors (Lipinski definition) is 0. The number of halogens is 2. The topological polar surface area (TPSA) is 0 Å². The predicted molar refractivity (Wildman–Crippen MR) is 57.4 cm³/mol. The molecule has 1 aliphatic rings. The molecule has 0 saturated heterocycles. The van der Waals surface area contributed by atoms with Crippen LogP contribution in [0.2, 0.25) is 0 Å². The van der Waals surface area contributed by atoms with E-state index >= 15 is 0 Å². The summed E-state index contributed by atoms with van der Waals surface area (Å²) in [5.41, 5.74) is 1.97. The molecule has 0 nitrogen and oxygen atoms in total. The van der Waals surface area contributed by atoms with Crippen molar-refractivity contribution in [3.63, 3.8) is 0 Å². The van der Waals surface area contributed by atoms with Crippen LogP contribution in [0.25, 0.3) is 5.57 Å². The van der Waals surface area contributed by atoms with Gasteiger partial charge in [0, 0.05) is 0 Å². The number of benzene rings is 1. The minimum Gasteiger partial charge on any atom is -0.204 e. The molecule has 1 unspecified atom stereocenters. The fourth-order valence-corrected chi connectivity index (χ4v) is 1.92. The van der Waals surface area contributed by atoms with Crippen LogP contribution >= 0.6 is 0 Å². The molecule has 0 saturated carbocycles. The Hall–Kier alpha value is -1.18. The van der Waals surface area contributed by atoms with Gasteiger partial charge >= 0.3 is 0 Å². The van der Waals surface area contributed by atoms with Crippen LogP contribution in [-0.2, 0) is 0 Å². The molecule has 1 aromatic rings. The average Bonchev–Trinajstić information content (AvgIpc) is 2.23. The molecule has 0 aliphatic heterocycles. The first-order valence-electron chi connectivity index (χ1n) is 5.31. The zero-order valence-corrected chi connectivity index (χ0v) is 8.76.